The molecule has 1 saturated carbocycles. The van der Waals surface area contributed by atoms with Gasteiger partial charge in [-0.3, -0.25) is 0 Å². The van der Waals surface area contributed by atoms with E-state index < -0.39 is 11.6 Å². The first-order valence-corrected chi connectivity index (χ1v) is 3.57. The van der Waals surface area contributed by atoms with Crippen molar-refractivity contribution in [3.8, 4) is 0 Å². The fraction of sp³-hybridized carbons (Fsp3) is 1.00. The molecule has 0 atom stereocenters. The third-order valence-electron chi connectivity index (χ3n) is 2.33. The van der Waals surface area contributed by atoms with Crippen molar-refractivity contribution in [2.75, 3.05) is 13.7 Å². The van der Waals surface area contributed by atoms with Gasteiger partial charge in [-0.15, -0.1) is 0 Å². The number of rotatable bonds is 2. The largest absolute Gasteiger partial charge is 0.396 e. The van der Waals surface area contributed by atoms with Crippen LogP contribution in [0.3, 0.4) is 0 Å². The lowest BCUT2D eigenvalue weighted by molar-refractivity contribution is -0.264. The van der Waals surface area contributed by atoms with Gasteiger partial charge in [0.25, 0.3) is 0 Å². The van der Waals surface area contributed by atoms with E-state index in [0.29, 0.717) is 6.42 Å². The molecular weight excluding hydrogens is 157 g/mol. The molecule has 4 heteroatoms. The van der Waals surface area contributed by atoms with Crippen LogP contribution in [0.2, 0.25) is 0 Å². The highest BCUT2D eigenvalue weighted by Gasteiger charge is 2.58. The number of hydrogen-bond donors (Lipinski definition) is 0. The molecule has 0 amide bonds. The van der Waals surface area contributed by atoms with Gasteiger partial charge in [0.1, 0.15) is 0 Å². The minimum absolute atomic E-state index is 0.184. The van der Waals surface area contributed by atoms with Crippen molar-refractivity contribution in [2.45, 2.75) is 25.4 Å². The smallest absolute Gasteiger partial charge is 0.384 e. The number of hydrogen-bond acceptors (Lipinski definition) is 1. The molecule has 0 aromatic rings. The summed E-state index contributed by atoms with van der Waals surface area (Å²) in [5.74, 6) is 0. The normalized spacial score (nSPS) is 22.9. The first-order chi connectivity index (χ1) is 5.02. The molecule has 1 fully saturated rings. The van der Waals surface area contributed by atoms with Crippen molar-refractivity contribution in [2.24, 2.45) is 5.41 Å². The summed E-state index contributed by atoms with van der Waals surface area (Å²) in [5, 5.41) is 0. The summed E-state index contributed by atoms with van der Waals surface area (Å²) < 4.78 is 41.3. The van der Waals surface area contributed by atoms with Gasteiger partial charge in [0, 0.05) is 7.11 Å². The van der Waals surface area contributed by atoms with Crippen LogP contribution < -0.4 is 0 Å². The Morgan fingerprint density at radius 1 is 1.36 bits per heavy atom. The highest BCUT2D eigenvalue weighted by molar-refractivity contribution is 4.93. The van der Waals surface area contributed by atoms with Crippen molar-refractivity contribution >= 4 is 0 Å². The minimum Gasteiger partial charge on any atom is -0.384 e. The molecule has 0 bridgehead atoms. The van der Waals surface area contributed by atoms with Crippen molar-refractivity contribution in [1.82, 2.24) is 0 Å². The van der Waals surface area contributed by atoms with Crippen LogP contribution in [0.25, 0.3) is 0 Å². The quantitative estimate of drug-likeness (QED) is 0.615. The Hall–Kier alpha value is -0.250. The molecule has 0 aromatic carbocycles. The zero-order chi connectivity index (χ0) is 8.54. The molecule has 0 aromatic heterocycles. The second kappa shape index (κ2) is 2.66. The summed E-state index contributed by atoms with van der Waals surface area (Å²) in [5.41, 5.74) is -1.51. The fourth-order valence-corrected chi connectivity index (χ4v) is 1.39. The Bertz CT molecular complexity index is 137. The van der Waals surface area contributed by atoms with Crippen LogP contribution in [0.15, 0.2) is 0 Å². The van der Waals surface area contributed by atoms with Crippen LogP contribution >= 0.6 is 0 Å². The first-order valence-electron chi connectivity index (χ1n) is 3.57. The number of halogens is 3. The van der Waals surface area contributed by atoms with E-state index >= 15 is 0 Å². The zero-order valence-electron chi connectivity index (χ0n) is 6.37. The van der Waals surface area contributed by atoms with Gasteiger partial charge in [-0.25, -0.2) is 0 Å². The second-order valence-electron chi connectivity index (χ2n) is 3.06. The molecule has 0 radical (unpaired) electrons. The molecule has 1 rings (SSSR count). The summed E-state index contributed by atoms with van der Waals surface area (Å²) in [7, 11) is 1.31. The van der Waals surface area contributed by atoms with E-state index in [0.717, 1.165) is 0 Å². The van der Waals surface area contributed by atoms with Gasteiger partial charge < -0.3 is 4.74 Å². The Kier molecular flexibility index (Phi) is 2.14. The summed E-state index contributed by atoms with van der Waals surface area (Å²) >= 11 is 0. The second-order valence-corrected chi connectivity index (χ2v) is 3.06. The van der Waals surface area contributed by atoms with E-state index in [1.807, 2.05) is 0 Å². The summed E-state index contributed by atoms with van der Waals surface area (Å²) in [4.78, 5) is 0. The zero-order valence-corrected chi connectivity index (χ0v) is 6.37. The van der Waals surface area contributed by atoms with Gasteiger partial charge in [-0.05, 0) is 12.8 Å². The molecule has 1 aliphatic rings. The van der Waals surface area contributed by atoms with Crippen molar-refractivity contribution in [3.63, 3.8) is 0 Å². The van der Waals surface area contributed by atoms with Crippen LogP contribution in [0.1, 0.15) is 19.3 Å². The third kappa shape index (κ3) is 1.36. The highest BCUT2D eigenvalue weighted by atomic mass is 19.4. The monoisotopic (exact) mass is 168 g/mol. The van der Waals surface area contributed by atoms with E-state index in [2.05, 4.69) is 4.74 Å². The van der Waals surface area contributed by atoms with Gasteiger partial charge >= 0.3 is 6.18 Å². The number of methoxy groups -OCH3 is 1. The average molecular weight is 168 g/mol. The Morgan fingerprint density at radius 3 is 2.00 bits per heavy atom. The molecule has 1 aliphatic carbocycles. The lowest BCUT2D eigenvalue weighted by Gasteiger charge is -2.42. The first kappa shape index (κ1) is 8.84. The minimum atomic E-state index is -4.08. The van der Waals surface area contributed by atoms with E-state index in [-0.39, 0.29) is 19.4 Å². The predicted molar refractivity (Wildman–Crippen MR) is 34.2 cm³/mol. The lowest BCUT2D eigenvalue weighted by atomic mass is 9.69. The van der Waals surface area contributed by atoms with Crippen LogP contribution in [-0.2, 0) is 4.74 Å². The highest BCUT2D eigenvalue weighted by Crippen LogP contribution is 2.52. The summed E-state index contributed by atoms with van der Waals surface area (Å²) in [6.07, 6.45) is -2.96. The maximum Gasteiger partial charge on any atom is 0.396 e. The molecule has 0 saturated heterocycles. The molecule has 66 valence electrons. The van der Waals surface area contributed by atoms with E-state index in [1.165, 1.54) is 7.11 Å². The molecule has 0 N–H and O–H groups in total. The Morgan fingerprint density at radius 2 is 1.91 bits per heavy atom. The lowest BCUT2D eigenvalue weighted by Crippen LogP contribution is -2.47. The van der Waals surface area contributed by atoms with Gasteiger partial charge in [0.15, 0.2) is 0 Å². The van der Waals surface area contributed by atoms with E-state index in [1.54, 1.807) is 0 Å². The van der Waals surface area contributed by atoms with E-state index in [9.17, 15) is 13.2 Å². The van der Waals surface area contributed by atoms with Gasteiger partial charge in [-0.1, -0.05) is 6.42 Å². The van der Waals surface area contributed by atoms with Crippen molar-refractivity contribution in [1.29, 1.82) is 0 Å². The molecular formula is C7H11F3O. The molecule has 1 nitrogen and oxygen atoms in total. The maximum atomic E-state index is 12.3. The Balaban J connectivity index is 2.60. The third-order valence-corrected chi connectivity index (χ3v) is 2.33. The summed E-state index contributed by atoms with van der Waals surface area (Å²) in [6, 6.07) is 0. The fourth-order valence-electron chi connectivity index (χ4n) is 1.39. The topological polar surface area (TPSA) is 9.23 Å². The predicted octanol–water partition coefficient (Wildman–Crippen LogP) is 2.37. The number of alkyl halides is 3. The van der Waals surface area contributed by atoms with Crippen LogP contribution in [0.5, 0.6) is 0 Å². The van der Waals surface area contributed by atoms with E-state index in [4.69, 9.17) is 0 Å². The molecule has 0 spiro atoms. The SMILES string of the molecule is COCC1(C(F)(F)F)CCC1. The van der Waals surface area contributed by atoms with Crippen molar-refractivity contribution < 1.29 is 17.9 Å². The molecule has 11 heavy (non-hydrogen) atoms. The molecule has 0 unspecified atom stereocenters. The molecule has 0 heterocycles. The standard InChI is InChI=1S/C7H11F3O/c1-11-5-6(3-2-4-6)7(8,9)10/h2-5H2,1H3. The average Bonchev–Trinajstić information content (AvgIpc) is 1.75. The van der Waals surface area contributed by atoms with Crippen LogP contribution in [-0.4, -0.2) is 19.9 Å². The van der Waals surface area contributed by atoms with Crippen LogP contribution in [0.4, 0.5) is 13.2 Å². The summed E-state index contributed by atoms with van der Waals surface area (Å²) in [6.45, 7) is -0.184. The molecule has 0 aliphatic heterocycles. The van der Waals surface area contributed by atoms with Gasteiger partial charge in [0.2, 0.25) is 0 Å². The van der Waals surface area contributed by atoms with Crippen molar-refractivity contribution in [3.05, 3.63) is 0 Å². The van der Waals surface area contributed by atoms with Gasteiger partial charge in [0.05, 0.1) is 12.0 Å². The van der Waals surface area contributed by atoms with Gasteiger partial charge in [-0.2, -0.15) is 13.2 Å². The Labute approximate surface area is 63.5 Å². The number of ether oxygens (including phenoxy) is 1. The van der Waals surface area contributed by atoms with Crippen LogP contribution in [0, 0.1) is 5.41 Å². The maximum absolute atomic E-state index is 12.3.